The summed E-state index contributed by atoms with van der Waals surface area (Å²) in [4.78, 5) is 2.56. The molecule has 0 radical (unpaired) electrons. The number of likely N-dealkylation sites (N-methyl/N-ethyl adjacent to an activating group) is 1. The van der Waals surface area contributed by atoms with Crippen molar-refractivity contribution in [1.82, 2.24) is 10.2 Å². The zero-order valence-corrected chi connectivity index (χ0v) is 6.64. The Labute approximate surface area is 62.6 Å². The molecule has 10 heavy (non-hydrogen) atoms. The number of hydrogen-bond acceptors (Lipinski definition) is 2. The second-order valence-electron chi connectivity index (χ2n) is 3.54. The molecule has 58 valence electrons. The van der Waals surface area contributed by atoms with E-state index >= 15 is 0 Å². The van der Waals surface area contributed by atoms with E-state index in [2.05, 4.69) is 17.3 Å². The summed E-state index contributed by atoms with van der Waals surface area (Å²) in [6.45, 7) is 2.44. The van der Waals surface area contributed by atoms with E-state index < -0.39 is 0 Å². The fraction of sp³-hybridized carbons (Fsp3) is 1.00. The van der Waals surface area contributed by atoms with Crippen molar-refractivity contribution in [2.75, 3.05) is 20.1 Å². The first kappa shape index (κ1) is 6.62. The highest BCUT2D eigenvalue weighted by atomic mass is 15.2. The van der Waals surface area contributed by atoms with Gasteiger partial charge in [-0.25, -0.2) is 0 Å². The zero-order valence-electron chi connectivity index (χ0n) is 6.64. The first-order valence-corrected chi connectivity index (χ1v) is 4.30. The van der Waals surface area contributed by atoms with Crippen molar-refractivity contribution in [1.29, 1.82) is 0 Å². The third-order valence-electron chi connectivity index (χ3n) is 2.73. The Morgan fingerprint density at radius 1 is 1.20 bits per heavy atom. The van der Waals surface area contributed by atoms with Crippen molar-refractivity contribution in [2.45, 2.75) is 31.3 Å². The van der Waals surface area contributed by atoms with Crippen LogP contribution in [-0.2, 0) is 0 Å². The van der Waals surface area contributed by atoms with Crippen LogP contribution in [0.2, 0.25) is 0 Å². The van der Waals surface area contributed by atoms with Crippen LogP contribution in [0.15, 0.2) is 0 Å². The normalized spacial score (nSPS) is 33.6. The predicted octanol–water partition coefficient (Wildman–Crippen LogP) is 0.442. The van der Waals surface area contributed by atoms with E-state index in [0.29, 0.717) is 0 Å². The van der Waals surface area contributed by atoms with Gasteiger partial charge in [-0.1, -0.05) is 0 Å². The van der Waals surface area contributed by atoms with Crippen LogP contribution >= 0.6 is 0 Å². The van der Waals surface area contributed by atoms with Gasteiger partial charge in [0, 0.05) is 18.6 Å². The molecule has 1 saturated carbocycles. The van der Waals surface area contributed by atoms with Crippen LogP contribution in [0.1, 0.15) is 19.3 Å². The standard InChI is InChI=1S/C8H16N2/c1-10(7-2-3-7)8-4-5-9-6-8/h7-9H,2-6H2,1H3/t8-/m0/s1. The van der Waals surface area contributed by atoms with E-state index in [1.54, 1.807) is 0 Å². The van der Waals surface area contributed by atoms with Gasteiger partial charge >= 0.3 is 0 Å². The lowest BCUT2D eigenvalue weighted by Gasteiger charge is -2.22. The van der Waals surface area contributed by atoms with Crippen LogP contribution in [0, 0.1) is 0 Å². The molecule has 0 unspecified atom stereocenters. The minimum absolute atomic E-state index is 0.840. The smallest absolute Gasteiger partial charge is 0.0232 e. The first-order chi connectivity index (χ1) is 4.88. The predicted molar refractivity (Wildman–Crippen MR) is 42.1 cm³/mol. The van der Waals surface area contributed by atoms with Crippen molar-refractivity contribution in [3.8, 4) is 0 Å². The van der Waals surface area contributed by atoms with Crippen LogP contribution < -0.4 is 5.32 Å². The first-order valence-electron chi connectivity index (χ1n) is 4.30. The van der Waals surface area contributed by atoms with Crippen LogP contribution in [0.5, 0.6) is 0 Å². The van der Waals surface area contributed by atoms with Gasteiger partial charge in [-0.3, -0.25) is 4.90 Å². The molecule has 2 aliphatic rings. The number of rotatable bonds is 2. The van der Waals surface area contributed by atoms with Gasteiger partial charge in [0.2, 0.25) is 0 Å². The summed E-state index contributed by atoms with van der Waals surface area (Å²) in [5.74, 6) is 0. The van der Waals surface area contributed by atoms with Gasteiger partial charge in [-0.05, 0) is 32.9 Å². The van der Waals surface area contributed by atoms with Crippen molar-refractivity contribution in [3.05, 3.63) is 0 Å². The van der Waals surface area contributed by atoms with E-state index in [4.69, 9.17) is 0 Å². The van der Waals surface area contributed by atoms with Crippen LogP contribution in [0.4, 0.5) is 0 Å². The molecule has 0 bridgehead atoms. The maximum atomic E-state index is 3.39. The highest BCUT2D eigenvalue weighted by molar-refractivity contribution is 4.89. The lowest BCUT2D eigenvalue weighted by molar-refractivity contribution is 0.247. The average molecular weight is 140 g/mol. The van der Waals surface area contributed by atoms with Crippen molar-refractivity contribution in [3.63, 3.8) is 0 Å². The summed E-state index contributed by atoms with van der Waals surface area (Å²) in [5, 5.41) is 3.39. The SMILES string of the molecule is CN(C1CC1)[C@H]1CCNC1. The number of hydrogen-bond donors (Lipinski definition) is 1. The summed E-state index contributed by atoms with van der Waals surface area (Å²) in [5.41, 5.74) is 0. The van der Waals surface area contributed by atoms with Gasteiger partial charge < -0.3 is 5.32 Å². The zero-order chi connectivity index (χ0) is 6.97. The average Bonchev–Trinajstić information content (AvgIpc) is 2.65. The molecular formula is C8H16N2. The van der Waals surface area contributed by atoms with Crippen molar-refractivity contribution in [2.24, 2.45) is 0 Å². The molecule has 2 heteroatoms. The summed E-state index contributed by atoms with van der Waals surface area (Å²) in [7, 11) is 2.27. The molecular weight excluding hydrogens is 124 g/mol. The Bertz CT molecular complexity index is 114. The van der Waals surface area contributed by atoms with Gasteiger partial charge in [0.1, 0.15) is 0 Å². The molecule has 0 aromatic rings. The molecule has 0 aromatic heterocycles. The number of nitrogens with one attached hydrogen (secondary N) is 1. The molecule has 2 rings (SSSR count). The van der Waals surface area contributed by atoms with Gasteiger partial charge in [0.25, 0.3) is 0 Å². The molecule has 1 atom stereocenters. The van der Waals surface area contributed by atoms with E-state index in [9.17, 15) is 0 Å². The van der Waals surface area contributed by atoms with Crippen LogP contribution in [0.25, 0.3) is 0 Å². The van der Waals surface area contributed by atoms with E-state index in [0.717, 1.165) is 12.1 Å². The van der Waals surface area contributed by atoms with E-state index in [1.807, 2.05) is 0 Å². The minimum atomic E-state index is 0.840. The fourth-order valence-corrected chi connectivity index (χ4v) is 1.77. The molecule has 0 spiro atoms. The minimum Gasteiger partial charge on any atom is -0.315 e. The molecule has 1 aliphatic carbocycles. The topological polar surface area (TPSA) is 15.3 Å². The third kappa shape index (κ3) is 1.18. The Hall–Kier alpha value is -0.0800. The fourth-order valence-electron chi connectivity index (χ4n) is 1.77. The van der Waals surface area contributed by atoms with Gasteiger partial charge in [-0.15, -0.1) is 0 Å². The highest BCUT2D eigenvalue weighted by Crippen LogP contribution is 2.28. The van der Waals surface area contributed by atoms with E-state index in [-0.39, 0.29) is 0 Å². The molecule has 2 fully saturated rings. The van der Waals surface area contributed by atoms with Crippen LogP contribution in [0.3, 0.4) is 0 Å². The molecule has 2 nitrogen and oxygen atoms in total. The summed E-state index contributed by atoms with van der Waals surface area (Å²) < 4.78 is 0. The van der Waals surface area contributed by atoms with Gasteiger partial charge in [0.05, 0.1) is 0 Å². The Kier molecular flexibility index (Phi) is 1.66. The lowest BCUT2D eigenvalue weighted by atomic mass is 10.2. The van der Waals surface area contributed by atoms with Crippen molar-refractivity contribution >= 4 is 0 Å². The highest BCUT2D eigenvalue weighted by Gasteiger charge is 2.31. The molecule has 0 aromatic carbocycles. The maximum Gasteiger partial charge on any atom is 0.0232 e. The molecule has 1 N–H and O–H groups in total. The second kappa shape index (κ2) is 2.51. The van der Waals surface area contributed by atoms with Crippen LogP contribution in [-0.4, -0.2) is 37.1 Å². The quantitative estimate of drug-likeness (QED) is 0.599. The maximum absolute atomic E-state index is 3.39. The Morgan fingerprint density at radius 3 is 2.50 bits per heavy atom. The molecule has 1 heterocycles. The summed E-state index contributed by atoms with van der Waals surface area (Å²) >= 11 is 0. The largest absolute Gasteiger partial charge is 0.315 e. The molecule has 0 amide bonds. The number of nitrogens with zero attached hydrogens (tertiary/aromatic N) is 1. The second-order valence-corrected chi connectivity index (χ2v) is 3.54. The third-order valence-corrected chi connectivity index (χ3v) is 2.73. The lowest BCUT2D eigenvalue weighted by Crippen LogP contribution is -2.34. The summed E-state index contributed by atoms with van der Waals surface area (Å²) in [6.07, 6.45) is 4.23. The Balaban J connectivity index is 1.84. The van der Waals surface area contributed by atoms with Gasteiger partial charge in [0.15, 0.2) is 0 Å². The molecule has 1 saturated heterocycles. The van der Waals surface area contributed by atoms with E-state index in [1.165, 1.54) is 32.4 Å². The van der Waals surface area contributed by atoms with Gasteiger partial charge in [-0.2, -0.15) is 0 Å². The van der Waals surface area contributed by atoms with Crippen molar-refractivity contribution < 1.29 is 0 Å². The molecule has 1 aliphatic heterocycles. The summed E-state index contributed by atoms with van der Waals surface area (Å²) in [6, 6.07) is 1.78. The Morgan fingerprint density at radius 2 is 2.00 bits per heavy atom. The monoisotopic (exact) mass is 140 g/mol.